The van der Waals surface area contributed by atoms with Crippen LogP contribution in [0.2, 0.25) is 0 Å². The summed E-state index contributed by atoms with van der Waals surface area (Å²) in [6.45, 7) is 1.84. The maximum absolute atomic E-state index is 12.1. The number of carbonyl (C=O) groups excluding carboxylic acids is 1. The molecule has 6 heteroatoms. The molecule has 2 aliphatic rings. The van der Waals surface area contributed by atoms with Gasteiger partial charge in [-0.3, -0.25) is 25.5 Å². The van der Waals surface area contributed by atoms with E-state index >= 15 is 0 Å². The molecular formula is C16H25N5O. The Balaban J connectivity index is 1.39. The fourth-order valence-corrected chi connectivity index (χ4v) is 3.56. The molecule has 2 fully saturated rings. The van der Waals surface area contributed by atoms with Crippen LogP contribution in [0, 0.1) is 5.92 Å². The number of carbonyl (C=O) groups is 1. The normalized spacial score (nSPS) is 27.1. The van der Waals surface area contributed by atoms with Gasteiger partial charge in [0.1, 0.15) is 0 Å². The smallest absolute Gasteiger partial charge is 0.234 e. The van der Waals surface area contributed by atoms with Crippen molar-refractivity contribution in [3.05, 3.63) is 30.1 Å². The summed E-state index contributed by atoms with van der Waals surface area (Å²) < 4.78 is 0. The molecule has 0 spiro atoms. The summed E-state index contributed by atoms with van der Waals surface area (Å²) in [5.74, 6) is 0.739. The molecule has 0 aromatic carbocycles. The summed E-state index contributed by atoms with van der Waals surface area (Å²) in [5.41, 5.74) is 7.79. The number of pyridine rings is 1. The number of rotatable bonds is 6. The van der Waals surface area contributed by atoms with Crippen molar-refractivity contribution in [2.45, 2.75) is 37.9 Å². The van der Waals surface area contributed by atoms with Gasteiger partial charge in [0.25, 0.3) is 0 Å². The summed E-state index contributed by atoms with van der Waals surface area (Å²) in [6.07, 6.45) is 7.39. The van der Waals surface area contributed by atoms with Crippen molar-refractivity contribution in [1.82, 2.24) is 26.1 Å². The fraction of sp³-hybridized carbons (Fsp3) is 0.625. The Morgan fingerprint density at radius 2 is 2.36 bits per heavy atom. The number of fused-ring (bicyclic) bond motifs is 1. The van der Waals surface area contributed by atoms with E-state index in [0.717, 1.165) is 12.1 Å². The molecule has 1 saturated carbocycles. The zero-order chi connectivity index (χ0) is 15.4. The number of aromatic nitrogens is 1. The van der Waals surface area contributed by atoms with Crippen LogP contribution in [0.4, 0.5) is 0 Å². The number of hydrogen-bond donors (Lipinski definition) is 3. The molecule has 1 saturated heterocycles. The molecule has 3 rings (SSSR count). The third kappa shape index (κ3) is 3.82. The van der Waals surface area contributed by atoms with Gasteiger partial charge in [-0.25, -0.2) is 0 Å². The molecule has 6 nitrogen and oxygen atoms in total. The van der Waals surface area contributed by atoms with Gasteiger partial charge in [-0.1, -0.05) is 12.5 Å². The zero-order valence-corrected chi connectivity index (χ0v) is 13.1. The van der Waals surface area contributed by atoms with Crippen LogP contribution < -0.4 is 16.2 Å². The van der Waals surface area contributed by atoms with Crippen molar-refractivity contribution in [3.63, 3.8) is 0 Å². The first kappa shape index (κ1) is 15.4. The first-order valence-corrected chi connectivity index (χ1v) is 8.07. The zero-order valence-electron chi connectivity index (χ0n) is 13.1. The van der Waals surface area contributed by atoms with Crippen LogP contribution in [0.3, 0.4) is 0 Å². The van der Waals surface area contributed by atoms with Crippen LogP contribution in [-0.2, 0) is 11.3 Å². The van der Waals surface area contributed by atoms with E-state index in [1.165, 1.54) is 19.3 Å². The Bertz CT molecular complexity index is 495. The minimum Gasteiger partial charge on any atom is -0.353 e. The van der Waals surface area contributed by atoms with Crippen molar-refractivity contribution < 1.29 is 4.79 Å². The van der Waals surface area contributed by atoms with E-state index in [9.17, 15) is 4.79 Å². The van der Waals surface area contributed by atoms with Crippen molar-refractivity contribution >= 4 is 5.91 Å². The highest BCUT2D eigenvalue weighted by molar-refractivity contribution is 5.78. The van der Waals surface area contributed by atoms with Gasteiger partial charge in [0.15, 0.2) is 0 Å². The average Bonchev–Trinajstić information content (AvgIpc) is 3.09. The van der Waals surface area contributed by atoms with E-state index in [2.05, 4.69) is 21.2 Å². The molecule has 120 valence electrons. The maximum Gasteiger partial charge on any atom is 0.234 e. The average molecular weight is 303 g/mol. The Kier molecular flexibility index (Phi) is 5.02. The van der Waals surface area contributed by atoms with E-state index in [0.29, 0.717) is 31.1 Å². The number of nitrogens with one attached hydrogen (secondary N) is 3. The van der Waals surface area contributed by atoms with Gasteiger partial charge in [0.2, 0.25) is 5.91 Å². The van der Waals surface area contributed by atoms with E-state index in [-0.39, 0.29) is 5.91 Å². The third-order valence-electron chi connectivity index (χ3n) is 4.65. The molecule has 1 aliphatic carbocycles. The summed E-state index contributed by atoms with van der Waals surface area (Å²) in [5, 5.41) is 3.06. The minimum absolute atomic E-state index is 0.0784. The highest BCUT2D eigenvalue weighted by Gasteiger charge is 2.38. The quantitative estimate of drug-likeness (QED) is 0.704. The molecule has 3 unspecified atom stereocenters. The van der Waals surface area contributed by atoms with Gasteiger partial charge >= 0.3 is 0 Å². The van der Waals surface area contributed by atoms with Crippen molar-refractivity contribution in [2.75, 3.05) is 20.1 Å². The van der Waals surface area contributed by atoms with Crippen LogP contribution in [-0.4, -0.2) is 48.0 Å². The Morgan fingerprint density at radius 1 is 1.45 bits per heavy atom. The highest BCUT2D eigenvalue weighted by atomic mass is 16.2. The predicted octanol–water partition coefficient (Wildman–Crippen LogP) is 0.275. The number of amides is 1. The first-order valence-electron chi connectivity index (χ1n) is 8.07. The molecule has 1 aromatic rings. The molecule has 3 N–H and O–H groups in total. The molecular weight excluding hydrogens is 278 g/mol. The van der Waals surface area contributed by atoms with Crippen molar-refractivity contribution in [1.29, 1.82) is 0 Å². The first-order chi connectivity index (χ1) is 10.7. The molecule has 2 heterocycles. The second-order valence-electron chi connectivity index (χ2n) is 6.43. The molecule has 3 atom stereocenters. The van der Waals surface area contributed by atoms with Crippen LogP contribution in [0.25, 0.3) is 0 Å². The summed E-state index contributed by atoms with van der Waals surface area (Å²) in [4.78, 5) is 18.2. The van der Waals surface area contributed by atoms with Gasteiger partial charge in [-0.05, 0) is 37.4 Å². The lowest BCUT2D eigenvalue weighted by Crippen LogP contribution is -2.44. The fourth-order valence-electron chi connectivity index (χ4n) is 3.56. The molecule has 1 amide bonds. The second-order valence-corrected chi connectivity index (χ2v) is 6.43. The van der Waals surface area contributed by atoms with E-state index in [1.54, 1.807) is 6.20 Å². The summed E-state index contributed by atoms with van der Waals surface area (Å²) in [7, 11) is 1.95. The SMILES string of the molecule is CN(CC(=O)NCC1NNC2CCCC21)Cc1cccnc1. The second kappa shape index (κ2) is 7.17. The Labute approximate surface area is 131 Å². The summed E-state index contributed by atoms with van der Waals surface area (Å²) in [6, 6.07) is 4.89. The molecule has 22 heavy (non-hydrogen) atoms. The van der Waals surface area contributed by atoms with E-state index < -0.39 is 0 Å². The van der Waals surface area contributed by atoms with Crippen LogP contribution >= 0.6 is 0 Å². The Hall–Kier alpha value is -1.50. The van der Waals surface area contributed by atoms with Crippen molar-refractivity contribution in [2.24, 2.45) is 5.92 Å². The molecule has 1 aliphatic heterocycles. The van der Waals surface area contributed by atoms with Crippen LogP contribution in [0.1, 0.15) is 24.8 Å². The largest absolute Gasteiger partial charge is 0.353 e. The lowest BCUT2D eigenvalue weighted by molar-refractivity contribution is -0.122. The topological polar surface area (TPSA) is 69.3 Å². The lowest BCUT2D eigenvalue weighted by Gasteiger charge is -2.19. The van der Waals surface area contributed by atoms with E-state index in [4.69, 9.17) is 0 Å². The molecule has 0 bridgehead atoms. The monoisotopic (exact) mass is 303 g/mol. The molecule has 1 aromatic heterocycles. The number of hydrazine groups is 1. The van der Waals surface area contributed by atoms with Gasteiger partial charge in [0, 0.05) is 37.6 Å². The van der Waals surface area contributed by atoms with Crippen molar-refractivity contribution in [3.8, 4) is 0 Å². The van der Waals surface area contributed by atoms with Gasteiger partial charge in [-0.15, -0.1) is 0 Å². The maximum atomic E-state index is 12.1. The molecule has 0 radical (unpaired) electrons. The third-order valence-corrected chi connectivity index (χ3v) is 4.65. The number of likely N-dealkylation sites (N-methyl/N-ethyl adjacent to an activating group) is 1. The standard InChI is InChI=1S/C16H25N5O/c1-21(10-12-4-3-7-17-8-12)11-16(22)18-9-15-13-5-2-6-14(13)19-20-15/h3-4,7-8,13-15,19-20H,2,5-6,9-11H2,1H3,(H,18,22). The van der Waals surface area contributed by atoms with Crippen LogP contribution in [0.5, 0.6) is 0 Å². The van der Waals surface area contributed by atoms with Crippen LogP contribution in [0.15, 0.2) is 24.5 Å². The van der Waals surface area contributed by atoms with Gasteiger partial charge in [0.05, 0.1) is 6.54 Å². The van der Waals surface area contributed by atoms with Gasteiger partial charge < -0.3 is 5.32 Å². The summed E-state index contributed by atoms with van der Waals surface area (Å²) >= 11 is 0. The number of hydrogen-bond acceptors (Lipinski definition) is 5. The minimum atomic E-state index is 0.0784. The Morgan fingerprint density at radius 3 is 3.18 bits per heavy atom. The lowest BCUT2D eigenvalue weighted by atomic mass is 9.97. The highest BCUT2D eigenvalue weighted by Crippen LogP contribution is 2.31. The number of nitrogens with zero attached hydrogens (tertiary/aromatic N) is 2. The predicted molar refractivity (Wildman–Crippen MR) is 84.8 cm³/mol. The van der Waals surface area contributed by atoms with Gasteiger partial charge in [-0.2, -0.15) is 0 Å². The van der Waals surface area contributed by atoms with E-state index in [1.807, 2.05) is 30.3 Å².